The van der Waals surface area contributed by atoms with E-state index < -0.39 is 32.3 Å². The predicted octanol–water partition coefficient (Wildman–Crippen LogP) is 3.90. The maximum Gasteiger partial charge on any atom is 0.274 e. The smallest absolute Gasteiger partial charge is 0.274 e. The number of nitrogens with zero attached hydrogens (tertiary/aromatic N) is 2. The highest BCUT2D eigenvalue weighted by molar-refractivity contribution is 7.94. The fraction of sp³-hybridized carbons (Fsp3) is 0.200. The van der Waals surface area contributed by atoms with E-state index in [1.54, 1.807) is 66.7 Å². The van der Waals surface area contributed by atoms with Gasteiger partial charge in [0.15, 0.2) is 9.84 Å². The summed E-state index contributed by atoms with van der Waals surface area (Å²) in [5, 5.41) is 0.506. The van der Waals surface area contributed by atoms with Crippen LogP contribution in [-0.4, -0.2) is 32.6 Å². The number of amides is 2. The third kappa shape index (κ3) is 3.20. The summed E-state index contributed by atoms with van der Waals surface area (Å²) in [6, 6.07) is 20.2. The van der Waals surface area contributed by atoms with E-state index in [-0.39, 0.29) is 12.1 Å². The van der Waals surface area contributed by atoms with Gasteiger partial charge < -0.3 is 9.64 Å². The predicted molar refractivity (Wildman–Crippen MR) is 130 cm³/mol. The Morgan fingerprint density at radius 1 is 1.00 bits per heavy atom. The maximum atomic E-state index is 14.1. The molecule has 5 rings (SSSR count). The molecule has 0 radical (unpaired) electrons. The number of hydrogen-bond acceptors (Lipinski definition) is 5. The summed E-state index contributed by atoms with van der Waals surface area (Å²) in [5.74, 6) is -1.52. The fourth-order valence-electron chi connectivity index (χ4n) is 4.72. The van der Waals surface area contributed by atoms with E-state index in [1.807, 2.05) is 13.0 Å². The second-order valence-electron chi connectivity index (χ2n) is 8.10. The molecule has 1 saturated heterocycles. The van der Waals surface area contributed by atoms with Gasteiger partial charge in [-0.2, -0.15) is 0 Å². The second kappa shape index (κ2) is 8.14. The lowest BCUT2D eigenvalue weighted by Crippen LogP contribution is -2.54. The van der Waals surface area contributed by atoms with E-state index in [0.717, 1.165) is 10.5 Å². The van der Waals surface area contributed by atoms with Gasteiger partial charge in [0.1, 0.15) is 11.5 Å². The zero-order valence-electron chi connectivity index (χ0n) is 18.3. The van der Waals surface area contributed by atoms with Crippen molar-refractivity contribution in [1.29, 1.82) is 0 Å². The van der Waals surface area contributed by atoms with Gasteiger partial charge >= 0.3 is 0 Å². The Labute approximate surface area is 202 Å². The van der Waals surface area contributed by atoms with Crippen molar-refractivity contribution in [3.63, 3.8) is 0 Å². The Hall–Kier alpha value is -3.36. The zero-order chi connectivity index (χ0) is 24.1. The van der Waals surface area contributed by atoms with Crippen molar-refractivity contribution in [2.45, 2.75) is 18.3 Å². The van der Waals surface area contributed by atoms with Crippen molar-refractivity contribution in [2.75, 3.05) is 22.2 Å². The largest absolute Gasteiger partial charge is 0.494 e. The molecule has 34 heavy (non-hydrogen) atoms. The van der Waals surface area contributed by atoms with E-state index in [1.165, 1.54) is 4.90 Å². The average Bonchev–Trinajstić information content (AvgIpc) is 3.17. The molecule has 9 heteroatoms. The van der Waals surface area contributed by atoms with Crippen molar-refractivity contribution in [1.82, 2.24) is 0 Å². The molecule has 174 valence electrons. The van der Waals surface area contributed by atoms with Crippen LogP contribution in [0.2, 0.25) is 5.02 Å². The van der Waals surface area contributed by atoms with Gasteiger partial charge in [-0.25, -0.2) is 8.42 Å². The topological polar surface area (TPSA) is 84.0 Å². The number of ether oxygens (including phenoxy) is 1. The number of halogens is 1. The monoisotopic (exact) mass is 496 g/mol. The number of sulfone groups is 1. The van der Waals surface area contributed by atoms with Crippen molar-refractivity contribution in [2.24, 2.45) is 0 Å². The molecule has 1 fully saturated rings. The minimum absolute atomic E-state index is 0.110. The summed E-state index contributed by atoms with van der Waals surface area (Å²) >= 11 is 6.13. The standard InChI is InChI=1S/C25H21ClN2O5S/c1-2-33-20-12-10-19(11-13-20)28-23(29)16-34(31,32)25(28)21-8-3-4-9-22(21)27(24(25)30)15-17-6-5-7-18(26)14-17/h3-14H,2,15-16H2,1H3/t25-/m0/s1. The van der Waals surface area contributed by atoms with Crippen molar-refractivity contribution in [3.05, 3.63) is 88.9 Å². The molecule has 2 aliphatic heterocycles. The molecule has 0 saturated carbocycles. The first-order valence-electron chi connectivity index (χ1n) is 10.7. The number of anilines is 2. The normalized spacial score (nSPS) is 20.8. The lowest BCUT2D eigenvalue weighted by Gasteiger charge is -2.32. The van der Waals surface area contributed by atoms with Crippen LogP contribution in [0.5, 0.6) is 5.75 Å². The van der Waals surface area contributed by atoms with Crippen LogP contribution < -0.4 is 14.5 Å². The Morgan fingerprint density at radius 3 is 2.44 bits per heavy atom. The van der Waals surface area contributed by atoms with E-state index in [0.29, 0.717) is 28.8 Å². The van der Waals surface area contributed by atoms with Crippen LogP contribution in [0, 0.1) is 0 Å². The third-order valence-electron chi connectivity index (χ3n) is 6.06. The first-order chi connectivity index (χ1) is 16.3. The lowest BCUT2D eigenvalue weighted by molar-refractivity contribution is -0.123. The Morgan fingerprint density at radius 2 is 1.74 bits per heavy atom. The SMILES string of the molecule is CCOc1ccc(N2C(=O)CS(=O)(=O)[C@@]23C(=O)N(Cc2cccc(Cl)c2)c2ccccc23)cc1. The molecule has 2 aliphatic rings. The first-order valence-corrected chi connectivity index (χ1v) is 12.8. The summed E-state index contributed by atoms with van der Waals surface area (Å²) in [4.78, 5) is 27.6. The zero-order valence-corrected chi connectivity index (χ0v) is 19.8. The van der Waals surface area contributed by atoms with Crippen LogP contribution >= 0.6 is 11.6 Å². The highest BCUT2D eigenvalue weighted by Gasteiger charge is 2.69. The number of carbonyl (C=O) groups excluding carboxylic acids is 2. The van der Waals surface area contributed by atoms with Crippen molar-refractivity contribution >= 4 is 44.6 Å². The Kier molecular flexibility index (Phi) is 5.37. The van der Waals surface area contributed by atoms with Crippen LogP contribution in [0.1, 0.15) is 18.1 Å². The van der Waals surface area contributed by atoms with Crippen molar-refractivity contribution < 1.29 is 22.7 Å². The summed E-state index contributed by atoms with van der Waals surface area (Å²) in [5.41, 5.74) is 1.76. The van der Waals surface area contributed by atoms with E-state index in [2.05, 4.69) is 0 Å². The molecule has 2 amide bonds. The van der Waals surface area contributed by atoms with Gasteiger partial charge in [-0.1, -0.05) is 41.9 Å². The quantitative estimate of drug-likeness (QED) is 0.535. The van der Waals surface area contributed by atoms with Gasteiger partial charge in [-0.15, -0.1) is 0 Å². The van der Waals surface area contributed by atoms with Crippen molar-refractivity contribution in [3.8, 4) is 5.75 Å². The molecule has 0 aromatic heterocycles. The fourth-order valence-corrected chi connectivity index (χ4v) is 6.97. The van der Waals surface area contributed by atoms with E-state index in [9.17, 15) is 18.0 Å². The molecule has 1 atom stereocenters. The third-order valence-corrected chi connectivity index (χ3v) is 8.40. The highest BCUT2D eigenvalue weighted by atomic mass is 35.5. The van der Waals surface area contributed by atoms with Crippen LogP contribution in [0.25, 0.3) is 0 Å². The summed E-state index contributed by atoms with van der Waals surface area (Å²) in [6.07, 6.45) is 0. The summed E-state index contributed by atoms with van der Waals surface area (Å²) in [7, 11) is -4.22. The second-order valence-corrected chi connectivity index (χ2v) is 10.6. The number of rotatable bonds is 5. The van der Waals surface area contributed by atoms with Gasteiger partial charge in [0.05, 0.1) is 18.8 Å². The minimum Gasteiger partial charge on any atom is -0.494 e. The van der Waals surface area contributed by atoms with Gasteiger partial charge in [-0.05, 0) is 55.0 Å². The molecular formula is C25H21ClN2O5S. The van der Waals surface area contributed by atoms with Gasteiger partial charge in [0.2, 0.25) is 5.91 Å². The van der Waals surface area contributed by atoms with Gasteiger partial charge in [0, 0.05) is 16.3 Å². The first kappa shape index (κ1) is 22.4. The van der Waals surface area contributed by atoms with E-state index in [4.69, 9.17) is 16.3 Å². The highest BCUT2D eigenvalue weighted by Crippen LogP contribution is 2.52. The molecule has 0 bridgehead atoms. The number of carbonyl (C=O) groups is 2. The van der Waals surface area contributed by atoms with Gasteiger partial charge in [0.25, 0.3) is 10.8 Å². The lowest BCUT2D eigenvalue weighted by atomic mass is 10.0. The van der Waals surface area contributed by atoms with Crippen LogP contribution in [0.15, 0.2) is 72.8 Å². The van der Waals surface area contributed by atoms with Crippen LogP contribution in [-0.2, 0) is 30.8 Å². The van der Waals surface area contributed by atoms with Crippen LogP contribution in [0.3, 0.4) is 0 Å². The number of hydrogen-bond donors (Lipinski definition) is 0. The Bertz CT molecular complexity index is 1410. The maximum absolute atomic E-state index is 14.1. The van der Waals surface area contributed by atoms with Gasteiger partial charge in [-0.3, -0.25) is 14.5 Å². The average molecular weight is 497 g/mol. The molecule has 0 unspecified atom stereocenters. The number of para-hydroxylation sites is 1. The molecule has 7 nitrogen and oxygen atoms in total. The minimum atomic E-state index is -4.22. The molecule has 3 aromatic carbocycles. The summed E-state index contributed by atoms with van der Waals surface area (Å²) < 4.78 is 32.7. The molecule has 3 aromatic rings. The molecule has 0 aliphatic carbocycles. The Balaban J connectivity index is 1.68. The number of fused-ring (bicyclic) bond motifs is 2. The molecule has 2 heterocycles. The molecular weight excluding hydrogens is 476 g/mol. The van der Waals surface area contributed by atoms with E-state index >= 15 is 0 Å². The van der Waals surface area contributed by atoms with Crippen LogP contribution in [0.4, 0.5) is 11.4 Å². The molecule has 1 spiro atoms. The molecule has 0 N–H and O–H groups in total. The summed E-state index contributed by atoms with van der Waals surface area (Å²) in [6.45, 7) is 2.42. The number of benzene rings is 3.